The summed E-state index contributed by atoms with van der Waals surface area (Å²) in [7, 11) is 0. The summed E-state index contributed by atoms with van der Waals surface area (Å²) in [6.07, 6.45) is 0. The molecule has 0 atom stereocenters. The highest BCUT2D eigenvalue weighted by Gasteiger charge is 2.09. The third-order valence-electron chi connectivity index (χ3n) is 2.84. The summed E-state index contributed by atoms with van der Waals surface area (Å²) >= 11 is 3.35. The van der Waals surface area contributed by atoms with Crippen LogP contribution in [0.2, 0.25) is 0 Å². The Morgan fingerprint density at radius 1 is 1.32 bits per heavy atom. The van der Waals surface area contributed by atoms with Crippen molar-refractivity contribution in [3.05, 3.63) is 62.6 Å². The smallest absolute Gasteiger partial charge is 0.271 e. The number of rotatable bonds is 5. The van der Waals surface area contributed by atoms with Crippen molar-refractivity contribution < 1.29 is 14.5 Å². The van der Waals surface area contributed by atoms with E-state index in [1.54, 1.807) is 12.1 Å². The maximum atomic E-state index is 11.8. The van der Waals surface area contributed by atoms with Crippen molar-refractivity contribution in [1.82, 2.24) is 0 Å². The molecular formula is C15H13BrN2O4. The van der Waals surface area contributed by atoms with Gasteiger partial charge >= 0.3 is 0 Å². The first kappa shape index (κ1) is 16.0. The number of carbonyl (C=O) groups is 1. The van der Waals surface area contributed by atoms with Crippen LogP contribution in [0.3, 0.4) is 0 Å². The SMILES string of the molecule is Cc1cc(Br)ccc1OCC(=O)Nc1cccc([N+](=O)[O-])c1. The van der Waals surface area contributed by atoms with Gasteiger partial charge in [0.05, 0.1) is 4.92 Å². The third kappa shape index (κ3) is 4.29. The summed E-state index contributed by atoms with van der Waals surface area (Å²) in [4.78, 5) is 22.0. The van der Waals surface area contributed by atoms with Gasteiger partial charge in [-0.15, -0.1) is 0 Å². The molecular weight excluding hydrogens is 352 g/mol. The van der Waals surface area contributed by atoms with Gasteiger partial charge in [-0.3, -0.25) is 14.9 Å². The second-order valence-corrected chi connectivity index (χ2v) is 5.47. The molecule has 1 N–H and O–H groups in total. The molecule has 2 aromatic rings. The quantitative estimate of drug-likeness (QED) is 0.647. The molecule has 0 aromatic heterocycles. The number of benzene rings is 2. The molecule has 2 rings (SSSR count). The number of hydrogen-bond donors (Lipinski definition) is 1. The van der Waals surface area contributed by atoms with E-state index in [1.165, 1.54) is 18.2 Å². The number of aryl methyl sites for hydroxylation is 1. The van der Waals surface area contributed by atoms with Crippen molar-refractivity contribution in [2.45, 2.75) is 6.92 Å². The molecule has 0 spiro atoms. The van der Waals surface area contributed by atoms with Crippen molar-refractivity contribution in [3.8, 4) is 5.75 Å². The van der Waals surface area contributed by atoms with Gasteiger partial charge in [0.15, 0.2) is 6.61 Å². The Labute approximate surface area is 135 Å². The molecule has 0 aliphatic rings. The third-order valence-corrected chi connectivity index (χ3v) is 3.33. The van der Waals surface area contributed by atoms with Gasteiger partial charge in [-0.25, -0.2) is 0 Å². The summed E-state index contributed by atoms with van der Waals surface area (Å²) in [6.45, 7) is 1.70. The number of non-ortho nitro benzene ring substituents is 1. The van der Waals surface area contributed by atoms with E-state index >= 15 is 0 Å². The second kappa shape index (κ2) is 7.04. The number of nitrogens with zero attached hydrogens (tertiary/aromatic N) is 1. The molecule has 2 aromatic carbocycles. The van der Waals surface area contributed by atoms with Gasteiger partial charge in [-0.2, -0.15) is 0 Å². The fraction of sp³-hybridized carbons (Fsp3) is 0.133. The normalized spacial score (nSPS) is 10.1. The summed E-state index contributed by atoms with van der Waals surface area (Å²) in [5.74, 6) is 0.222. The first-order valence-corrected chi connectivity index (χ1v) is 7.18. The molecule has 0 saturated carbocycles. The Bertz CT molecular complexity index is 718. The van der Waals surface area contributed by atoms with Crippen LogP contribution in [0.5, 0.6) is 5.75 Å². The molecule has 0 aliphatic carbocycles. The Kier molecular flexibility index (Phi) is 5.11. The van der Waals surface area contributed by atoms with Crippen molar-refractivity contribution in [2.24, 2.45) is 0 Å². The molecule has 0 saturated heterocycles. The van der Waals surface area contributed by atoms with Gasteiger partial charge in [-0.05, 0) is 36.8 Å². The lowest BCUT2D eigenvalue weighted by Gasteiger charge is -2.09. The molecule has 6 nitrogen and oxygen atoms in total. The summed E-state index contributed by atoms with van der Waals surface area (Å²) < 4.78 is 6.37. The summed E-state index contributed by atoms with van der Waals surface area (Å²) in [5.41, 5.74) is 1.18. The van der Waals surface area contributed by atoms with Crippen LogP contribution in [0.15, 0.2) is 46.9 Å². The van der Waals surface area contributed by atoms with E-state index in [0.29, 0.717) is 11.4 Å². The predicted octanol–water partition coefficient (Wildman–Crippen LogP) is 3.68. The maximum absolute atomic E-state index is 11.8. The number of anilines is 1. The zero-order valence-electron chi connectivity index (χ0n) is 11.7. The fourth-order valence-corrected chi connectivity index (χ4v) is 2.29. The molecule has 22 heavy (non-hydrogen) atoms. The van der Waals surface area contributed by atoms with Crippen LogP contribution in [0, 0.1) is 17.0 Å². The van der Waals surface area contributed by atoms with Gasteiger partial charge in [0.1, 0.15) is 5.75 Å². The molecule has 7 heteroatoms. The zero-order valence-corrected chi connectivity index (χ0v) is 13.3. The average molecular weight is 365 g/mol. The van der Waals surface area contributed by atoms with Gasteiger partial charge in [0, 0.05) is 22.3 Å². The largest absolute Gasteiger partial charge is 0.483 e. The molecule has 0 fully saturated rings. The van der Waals surface area contributed by atoms with Crippen LogP contribution >= 0.6 is 15.9 Å². The van der Waals surface area contributed by atoms with E-state index in [-0.39, 0.29) is 18.2 Å². The van der Waals surface area contributed by atoms with Crippen LogP contribution in [-0.2, 0) is 4.79 Å². The van der Waals surface area contributed by atoms with Crippen LogP contribution in [0.1, 0.15) is 5.56 Å². The topological polar surface area (TPSA) is 81.5 Å². The van der Waals surface area contributed by atoms with Crippen molar-refractivity contribution in [2.75, 3.05) is 11.9 Å². The second-order valence-electron chi connectivity index (χ2n) is 4.55. The maximum Gasteiger partial charge on any atom is 0.271 e. The van der Waals surface area contributed by atoms with Gasteiger partial charge in [0.25, 0.3) is 11.6 Å². The lowest BCUT2D eigenvalue weighted by Crippen LogP contribution is -2.20. The van der Waals surface area contributed by atoms with Crippen LogP contribution in [-0.4, -0.2) is 17.4 Å². The molecule has 1 amide bonds. The lowest BCUT2D eigenvalue weighted by molar-refractivity contribution is -0.384. The van der Waals surface area contributed by atoms with E-state index in [1.807, 2.05) is 19.1 Å². The molecule has 0 heterocycles. The Balaban J connectivity index is 1.95. The number of nitro benzene ring substituents is 1. The standard InChI is InChI=1S/C15H13BrN2O4/c1-10-7-11(16)5-6-14(10)22-9-15(19)17-12-3-2-4-13(8-12)18(20)21/h2-8H,9H2,1H3,(H,17,19). The van der Waals surface area contributed by atoms with E-state index in [0.717, 1.165) is 10.0 Å². The van der Waals surface area contributed by atoms with Crippen molar-refractivity contribution >= 4 is 33.2 Å². The first-order valence-electron chi connectivity index (χ1n) is 6.39. The molecule has 0 unspecified atom stereocenters. The van der Waals surface area contributed by atoms with Crippen LogP contribution in [0.4, 0.5) is 11.4 Å². The number of carbonyl (C=O) groups excluding carboxylic acids is 1. The average Bonchev–Trinajstić information content (AvgIpc) is 2.46. The highest BCUT2D eigenvalue weighted by atomic mass is 79.9. The number of hydrogen-bond acceptors (Lipinski definition) is 4. The predicted molar refractivity (Wildman–Crippen MR) is 86.1 cm³/mol. The Hall–Kier alpha value is -2.41. The minimum absolute atomic E-state index is 0.0810. The Morgan fingerprint density at radius 2 is 2.09 bits per heavy atom. The van der Waals surface area contributed by atoms with Crippen molar-refractivity contribution in [3.63, 3.8) is 0 Å². The molecule has 114 valence electrons. The van der Waals surface area contributed by atoms with Gasteiger partial charge in [0.2, 0.25) is 0 Å². The zero-order chi connectivity index (χ0) is 16.1. The summed E-state index contributed by atoms with van der Waals surface area (Å²) in [5, 5.41) is 13.2. The molecule has 0 bridgehead atoms. The minimum Gasteiger partial charge on any atom is -0.483 e. The fourth-order valence-electron chi connectivity index (χ4n) is 1.81. The summed E-state index contributed by atoms with van der Waals surface area (Å²) in [6, 6.07) is 11.2. The number of ether oxygens (including phenoxy) is 1. The number of halogens is 1. The van der Waals surface area contributed by atoms with Crippen LogP contribution < -0.4 is 10.1 Å². The highest BCUT2D eigenvalue weighted by molar-refractivity contribution is 9.10. The number of amides is 1. The van der Waals surface area contributed by atoms with E-state index < -0.39 is 4.92 Å². The number of nitrogens with one attached hydrogen (secondary N) is 1. The monoisotopic (exact) mass is 364 g/mol. The van der Waals surface area contributed by atoms with Gasteiger partial charge < -0.3 is 10.1 Å². The van der Waals surface area contributed by atoms with E-state index in [4.69, 9.17) is 4.74 Å². The Morgan fingerprint density at radius 3 is 2.77 bits per heavy atom. The van der Waals surface area contributed by atoms with E-state index in [9.17, 15) is 14.9 Å². The van der Waals surface area contributed by atoms with Crippen molar-refractivity contribution in [1.29, 1.82) is 0 Å². The minimum atomic E-state index is -0.517. The van der Waals surface area contributed by atoms with Gasteiger partial charge in [-0.1, -0.05) is 22.0 Å². The lowest BCUT2D eigenvalue weighted by atomic mass is 10.2. The first-order chi connectivity index (χ1) is 10.5. The van der Waals surface area contributed by atoms with Crippen LogP contribution in [0.25, 0.3) is 0 Å². The van der Waals surface area contributed by atoms with E-state index in [2.05, 4.69) is 21.2 Å². The number of nitro groups is 1. The molecule has 0 aliphatic heterocycles. The highest BCUT2D eigenvalue weighted by Crippen LogP contribution is 2.22. The molecule has 0 radical (unpaired) electrons.